The van der Waals surface area contributed by atoms with E-state index in [9.17, 15) is 0 Å². The highest BCUT2D eigenvalue weighted by molar-refractivity contribution is 6.31. The first-order valence-corrected chi connectivity index (χ1v) is 9.57. The number of fused-ring (bicyclic) bond motifs is 1. The highest BCUT2D eigenvalue weighted by Gasteiger charge is 2.08. The van der Waals surface area contributed by atoms with Crippen molar-refractivity contribution in [3.05, 3.63) is 107 Å². The van der Waals surface area contributed by atoms with Crippen LogP contribution < -0.4 is 4.74 Å². The molecule has 0 saturated heterocycles. The minimum absolute atomic E-state index is 0.510. The number of hydrogen-bond donors (Lipinski definition) is 0. The molecule has 4 aromatic rings. The summed E-state index contributed by atoms with van der Waals surface area (Å²) in [7, 11) is 0. The zero-order chi connectivity index (χ0) is 19.3. The fourth-order valence-corrected chi connectivity index (χ4v) is 3.25. The summed E-state index contributed by atoms with van der Waals surface area (Å²) in [4.78, 5) is 4.65. The summed E-state index contributed by atoms with van der Waals surface area (Å²) in [6, 6.07) is 28.3. The maximum Gasteiger partial charge on any atom is 0.129 e. The van der Waals surface area contributed by atoms with Crippen LogP contribution in [0.4, 0.5) is 5.69 Å². The lowest BCUT2D eigenvalue weighted by Gasteiger charge is -2.12. The summed E-state index contributed by atoms with van der Waals surface area (Å²) in [5.74, 6) is 0.810. The van der Waals surface area contributed by atoms with Gasteiger partial charge in [-0.15, -0.1) is 0 Å². The van der Waals surface area contributed by atoms with E-state index in [0.29, 0.717) is 11.6 Å². The molecule has 0 aliphatic carbocycles. The molecule has 0 atom stereocenters. The number of aliphatic imine (C=N–C) groups is 1. The van der Waals surface area contributed by atoms with E-state index >= 15 is 0 Å². The molecule has 0 saturated carbocycles. The van der Waals surface area contributed by atoms with Crippen LogP contribution in [-0.4, -0.2) is 6.21 Å². The minimum atomic E-state index is 0.510. The zero-order valence-electron chi connectivity index (χ0n) is 15.6. The molecule has 0 aromatic heterocycles. The van der Waals surface area contributed by atoms with E-state index in [1.165, 1.54) is 0 Å². The minimum Gasteiger partial charge on any atom is -0.488 e. The van der Waals surface area contributed by atoms with E-state index in [-0.39, 0.29) is 0 Å². The lowest BCUT2D eigenvalue weighted by molar-refractivity contribution is 0.306. The molecule has 0 heterocycles. The number of rotatable bonds is 5. The van der Waals surface area contributed by atoms with E-state index in [1.54, 1.807) is 0 Å². The van der Waals surface area contributed by atoms with Gasteiger partial charge in [0, 0.05) is 16.8 Å². The highest BCUT2D eigenvalue weighted by atomic mass is 35.5. The van der Waals surface area contributed by atoms with Crippen molar-refractivity contribution in [1.29, 1.82) is 0 Å². The molecule has 0 fully saturated rings. The Bertz CT molecular complexity index is 1140. The Morgan fingerprint density at radius 1 is 0.893 bits per heavy atom. The van der Waals surface area contributed by atoms with Crippen molar-refractivity contribution in [3.8, 4) is 5.75 Å². The number of aryl methyl sites for hydroxylation is 1. The summed E-state index contributed by atoms with van der Waals surface area (Å²) in [6.07, 6.45) is 1.86. The van der Waals surface area contributed by atoms with E-state index < -0.39 is 0 Å². The Balaban J connectivity index is 1.71. The van der Waals surface area contributed by atoms with Gasteiger partial charge in [0.2, 0.25) is 0 Å². The van der Waals surface area contributed by atoms with Gasteiger partial charge in [-0.25, -0.2) is 0 Å². The number of ether oxygens (including phenoxy) is 1. The Labute approximate surface area is 170 Å². The normalized spacial score (nSPS) is 11.2. The number of nitrogens with zero attached hydrogens (tertiary/aromatic N) is 1. The van der Waals surface area contributed by atoms with Crippen LogP contribution in [0.25, 0.3) is 10.8 Å². The summed E-state index contributed by atoms with van der Waals surface area (Å²) < 4.78 is 6.15. The van der Waals surface area contributed by atoms with E-state index in [1.807, 2.05) is 67.7 Å². The third-order valence-corrected chi connectivity index (χ3v) is 5.07. The van der Waals surface area contributed by atoms with Crippen LogP contribution in [-0.2, 0) is 6.61 Å². The fraction of sp³-hybridized carbons (Fsp3) is 0.0800. The average molecular weight is 386 g/mol. The number of hydrogen-bond acceptors (Lipinski definition) is 2. The molecule has 0 aliphatic heterocycles. The van der Waals surface area contributed by atoms with Crippen molar-refractivity contribution in [1.82, 2.24) is 0 Å². The van der Waals surface area contributed by atoms with Crippen LogP contribution in [0, 0.1) is 6.92 Å². The standard InChI is InChI=1S/C25H20ClNO/c1-18-11-13-21(15-24(18)26)27-16-23-22-10-6-5-9-20(22)12-14-25(23)28-17-19-7-3-2-4-8-19/h2-16H,17H2,1H3. The van der Waals surface area contributed by atoms with Crippen LogP contribution in [0.3, 0.4) is 0 Å². The fourth-order valence-electron chi connectivity index (χ4n) is 3.07. The van der Waals surface area contributed by atoms with Gasteiger partial charge in [-0.05, 0) is 47.0 Å². The van der Waals surface area contributed by atoms with Gasteiger partial charge >= 0.3 is 0 Å². The van der Waals surface area contributed by atoms with Crippen molar-refractivity contribution in [2.45, 2.75) is 13.5 Å². The zero-order valence-corrected chi connectivity index (χ0v) is 16.4. The largest absolute Gasteiger partial charge is 0.488 e. The first-order chi connectivity index (χ1) is 13.7. The number of benzene rings is 4. The third kappa shape index (κ3) is 4.08. The molecule has 0 unspecified atom stereocenters. The van der Waals surface area contributed by atoms with Gasteiger partial charge in [0.1, 0.15) is 12.4 Å². The molecule has 138 valence electrons. The molecule has 0 aliphatic rings. The quantitative estimate of drug-likeness (QED) is 0.335. The van der Waals surface area contributed by atoms with Crippen LogP contribution >= 0.6 is 11.6 Å². The van der Waals surface area contributed by atoms with Crippen LogP contribution in [0.1, 0.15) is 16.7 Å². The maximum absolute atomic E-state index is 6.24. The lowest BCUT2D eigenvalue weighted by atomic mass is 10.0. The summed E-state index contributed by atoms with van der Waals surface area (Å²) in [5.41, 5.74) is 3.95. The molecule has 28 heavy (non-hydrogen) atoms. The maximum atomic E-state index is 6.24. The lowest BCUT2D eigenvalue weighted by Crippen LogP contribution is -1.99. The Hall–Kier alpha value is -3.10. The molecule has 0 radical (unpaired) electrons. The smallest absolute Gasteiger partial charge is 0.129 e. The van der Waals surface area contributed by atoms with Crippen LogP contribution in [0.15, 0.2) is 89.9 Å². The first kappa shape index (κ1) is 18.3. The predicted molar refractivity (Wildman–Crippen MR) is 118 cm³/mol. The van der Waals surface area contributed by atoms with E-state index in [2.05, 4.69) is 35.3 Å². The molecule has 3 heteroatoms. The van der Waals surface area contributed by atoms with Gasteiger partial charge in [-0.3, -0.25) is 4.99 Å². The van der Waals surface area contributed by atoms with Crippen molar-refractivity contribution in [2.24, 2.45) is 4.99 Å². The molecule has 0 N–H and O–H groups in total. The van der Waals surface area contributed by atoms with Crippen LogP contribution in [0.2, 0.25) is 5.02 Å². The molecule has 4 rings (SSSR count). The second-order valence-corrected chi connectivity index (χ2v) is 7.07. The molecular formula is C25H20ClNO. The topological polar surface area (TPSA) is 21.6 Å². The van der Waals surface area contributed by atoms with Crippen molar-refractivity contribution in [3.63, 3.8) is 0 Å². The molecule has 2 nitrogen and oxygen atoms in total. The first-order valence-electron chi connectivity index (χ1n) is 9.19. The van der Waals surface area contributed by atoms with Gasteiger partial charge < -0.3 is 4.74 Å². The van der Waals surface area contributed by atoms with Crippen molar-refractivity contribution >= 4 is 34.3 Å². The second-order valence-electron chi connectivity index (χ2n) is 6.66. The summed E-state index contributed by atoms with van der Waals surface area (Å²) in [6.45, 7) is 2.49. The third-order valence-electron chi connectivity index (χ3n) is 4.67. The molecule has 0 spiro atoms. The summed E-state index contributed by atoms with van der Waals surface area (Å²) >= 11 is 6.24. The molecule has 0 amide bonds. The Morgan fingerprint density at radius 2 is 1.68 bits per heavy atom. The van der Waals surface area contributed by atoms with E-state index in [4.69, 9.17) is 16.3 Å². The Kier molecular flexibility index (Phi) is 5.41. The Morgan fingerprint density at radius 3 is 2.50 bits per heavy atom. The van der Waals surface area contributed by atoms with Crippen LogP contribution in [0.5, 0.6) is 5.75 Å². The molecular weight excluding hydrogens is 366 g/mol. The van der Waals surface area contributed by atoms with Gasteiger partial charge in [-0.2, -0.15) is 0 Å². The molecule has 4 aromatic carbocycles. The predicted octanol–water partition coefficient (Wildman–Crippen LogP) is 7.13. The van der Waals surface area contributed by atoms with E-state index in [0.717, 1.165) is 38.9 Å². The van der Waals surface area contributed by atoms with Gasteiger partial charge in [0.15, 0.2) is 0 Å². The SMILES string of the molecule is Cc1ccc(N=Cc2c(OCc3ccccc3)ccc3ccccc23)cc1Cl. The second kappa shape index (κ2) is 8.28. The monoisotopic (exact) mass is 385 g/mol. The number of halogens is 1. The summed E-state index contributed by atoms with van der Waals surface area (Å²) in [5, 5.41) is 2.97. The van der Waals surface area contributed by atoms with Crippen molar-refractivity contribution in [2.75, 3.05) is 0 Å². The van der Waals surface area contributed by atoms with Gasteiger partial charge in [0.05, 0.1) is 5.69 Å². The van der Waals surface area contributed by atoms with Gasteiger partial charge in [-0.1, -0.05) is 78.3 Å². The van der Waals surface area contributed by atoms with Gasteiger partial charge in [0.25, 0.3) is 0 Å². The van der Waals surface area contributed by atoms with Crippen molar-refractivity contribution < 1.29 is 4.74 Å². The average Bonchev–Trinajstić information content (AvgIpc) is 2.74. The molecule has 0 bridgehead atoms. The highest BCUT2D eigenvalue weighted by Crippen LogP contribution is 2.29.